The Kier molecular flexibility index (Phi) is 5.48. The number of hydrogen-bond acceptors (Lipinski definition) is 2. The van der Waals surface area contributed by atoms with E-state index in [4.69, 9.17) is 0 Å². The lowest BCUT2D eigenvalue weighted by molar-refractivity contribution is -0.130. The standard InChI is InChI=1S/C24H22F2N2O2/c1-15-11-19(26)13-22-21(15)14-20(27-24(22)30)5-6-23(29)28-9-7-16(8-10-28)17-3-2-4-18(25)12-17/h2-4,7,11-14H,5-6,8-10H2,1H3,(H,27,30). The molecule has 0 aliphatic carbocycles. The summed E-state index contributed by atoms with van der Waals surface area (Å²) in [5, 5.41) is 1.01. The summed E-state index contributed by atoms with van der Waals surface area (Å²) in [5.74, 6) is -0.709. The molecule has 4 nitrogen and oxygen atoms in total. The van der Waals surface area contributed by atoms with Crippen molar-refractivity contribution in [3.8, 4) is 0 Å². The van der Waals surface area contributed by atoms with Crippen LogP contribution in [0, 0.1) is 18.6 Å². The number of nitrogens with zero attached hydrogens (tertiary/aromatic N) is 1. The maximum atomic E-state index is 13.6. The van der Waals surface area contributed by atoms with Gasteiger partial charge < -0.3 is 9.88 Å². The molecule has 1 N–H and O–H groups in total. The van der Waals surface area contributed by atoms with Crippen LogP contribution in [-0.4, -0.2) is 28.9 Å². The van der Waals surface area contributed by atoms with Crippen molar-refractivity contribution in [1.82, 2.24) is 9.88 Å². The van der Waals surface area contributed by atoms with Crippen molar-refractivity contribution in [2.45, 2.75) is 26.2 Å². The quantitative estimate of drug-likeness (QED) is 0.697. The molecule has 2 aromatic carbocycles. The zero-order valence-corrected chi connectivity index (χ0v) is 16.7. The van der Waals surface area contributed by atoms with Crippen molar-refractivity contribution in [2.24, 2.45) is 0 Å². The number of aromatic amines is 1. The van der Waals surface area contributed by atoms with Gasteiger partial charge in [-0.3, -0.25) is 9.59 Å². The van der Waals surface area contributed by atoms with Gasteiger partial charge in [-0.2, -0.15) is 0 Å². The Balaban J connectivity index is 1.42. The monoisotopic (exact) mass is 408 g/mol. The lowest BCUT2D eigenvalue weighted by Crippen LogP contribution is -2.34. The first kappa shape index (κ1) is 20.0. The minimum absolute atomic E-state index is 0.00122. The number of aryl methyl sites for hydroxylation is 2. The third kappa shape index (κ3) is 4.17. The van der Waals surface area contributed by atoms with Crippen molar-refractivity contribution >= 4 is 22.3 Å². The van der Waals surface area contributed by atoms with Crippen LogP contribution < -0.4 is 5.56 Å². The molecule has 0 unspecified atom stereocenters. The number of nitrogens with one attached hydrogen (secondary N) is 1. The number of benzene rings is 2. The van der Waals surface area contributed by atoms with Gasteiger partial charge in [0, 0.05) is 25.2 Å². The van der Waals surface area contributed by atoms with Gasteiger partial charge in [0.1, 0.15) is 11.6 Å². The number of fused-ring (bicyclic) bond motifs is 1. The molecular formula is C24H22F2N2O2. The van der Waals surface area contributed by atoms with Crippen molar-refractivity contribution in [3.63, 3.8) is 0 Å². The second-order valence-corrected chi connectivity index (χ2v) is 7.64. The molecule has 1 aliphatic rings. The molecule has 0 fully saturated rings. The third-order valence-corrected chi connectivity index (χ3v) is 5.55. The van der Waals surface area contributed by atoms with E-state index < -0.39 is 5.82 Å². The molecule has 0 atom stereocenters. The van der Waals surface area contributed by atoms with Crippen LogP contribution in [0.25, 0.3) is 16.3 Å². The molecule has 3 aromatic rings. The van der Waals surface area contributed by atoms with E-state index in [1.165, 1.54) is 24.3 Å². The fourth-order valence-corrected chi connectivity index (χ4v) is 3.94. The number of carbonyl (C=O) groups is 1. The summed E-state index contributed by atoms with van der Waals surface area (Å²) in [7, 11) is 0. The lowest BCUT2D eigenvalue weighted by atomic mass is 9.99. The predicted molar refractivity (Wildman–Crippen MR) is 113 cm³/mol. The largest absolute Gasteiger partial charge is 0.339 e. The van der Waals surface area contributed by atoms with Crippen LogP contribution in [0.15, 0.2) is 53.3 Å². The van der Waals surface area contributed by atoms with Crippen LogP contribution in [0.4, 0.5) is 8.78 Å². The van der Waals surface area contributed by atoms with Gasteiger partial charge in [0.25, 0.3) is 5.56 Å². The molecule has 2 heterocycles. The molecule has 0 radical (unpaired) electrons. The molecule has 0 bridgehead atoms. The fourth-order valence-electron chi connectivity index (χ4n) is 3.94. The summed E-state index contributed by atoms with van der Waals surface area (Å²) in [6.45, 7) is 2.82. The normalized spacial score (nSPS) is 14.1. The number of carbonyl (C=O) groups excluding carboxylic acids is 1. The maximum Gasteiger partial charge on any atom is 0.256 e. The van der Waals surface area contributed by atoms with E-state index in [9.17, 15) is 18.4 Å². The van der Waals surface area contributed by atoms with E-state index in [0.29, 0.717) is 48.0 Å². The highest BCUT2D eigenvalue weighted by Crippen LogP contribution is 2.23. The van der Waals surface area contributed by atoms with E-state index >= 15 is 0 Å². The highest BCUT2D eigenvalue weighted by atomic mass is 19.1. The van der Waals surface area contributed by atoms with Gasteiger partial charge in [-0.25, -0.2) is 8.78 Å². The van der Waals surface area contributed by atoms with Crippen LogP contribution in [0.1, 0.15) is 29.7 Å². The fraction of sp³-hybridized carbons (Fsp3) is 0.250. The molecule has 1 amide bonds. The number of hydrogen-bond donors (Lipinski definition) is 1. The van der Waals surface area contributed by atoms with E-state index in [0.717, 1.165) is 11.1 Å². The maximum absolute atomic E-state index is 13.6. The average molecular weight is 408 g/mol. The Morgan fingerprint density at radius 3 is 2.67 bits per heavy atom. The number of amides is 1. The van der Waals surface area contributed by atoms with Crippen LogP contribution >= 0.6 is 0 Å². The Morgan fingerprint density at radius 1 is 1.10 bits per heavy atom. The second kappa shape index (κ2) is 8.22. The second-order valence-electron chi connectivity index (χ2n) is 7.64. The Morgan fingerprint density at radius 2 is 1.93 bits per heavy atom. The van der Waals surface area contributed by atoms with Crippen molar-refractivity contribution in [1.29, 1.82) is 0 Å². The number of halogens is 2. The van der Waals surface area contributed by atoms with E-state index in [1.807, 2.05) is 18.2 Å². The van der Waals surface area contributed by atoms with Gasteiger partial charge in [0.15, 0.2) is 0 Å². The first-order valence-electron chi connectivity index (χ1n) is 9.95. The molecule has 6 heteroatoms. The lowest BCUT2D eigenvalue weighted by Gasteiger charge is -2.27. The van der Waals surface area contributed by atoms with Crippen molar-refractivity contribution < 1.29 is 13.6 Å². The van der Waals surface area contributed by atoms with Gasteiger partial charge in [0.05, 0.1) is 5.39 Å². The minimum atomic E-state index is -0.441. The van der Waals surface area contributed by atoms with Crippen LogP contribution in [0.5, 0.6) is 0 Å². The first-order chi connectivity index (χ1) is 14.4. The van der Waals surface area contributed by atoms with E-state index in [2.05, 4.69) is 4.98 Å². The molecule has 1 aliphatic heterocycles. The molecular weight excluding hydrogens is 386 g/mol. The molecule has 0 spiro atoms. The Bertz CT molecular complexity index is 1210. The molecule has 30 heavy (non-hydrogen) atoms. The van der Waals surface area contributed by atoms with Crippen LogP contribution in [0.3, 0.4) is 0 Å². The average Bonchev–Trinajstić information content (AvgIpc) is 2.73. The van der Waals surface area contributed by atoms with E-state index in [-0.39, 0.29) is 23.7 Å². The van der Waals surface area contributed by atoms with Crippen molar-refractivity contribution in [3.05, 3.63) is 87.3 Å². The SMILES string of the molecule is Cc1cc(F)cc2c(=O)[nH]c(CCC(=O)N3CC=C(c4cccc(F)c4)CC3)cc12. The van der Waals surface area contributed by atoms with Crippen molar-refractivity contribution in [2.75, 3.05) is 13.1 Å². The molecule has 0 saturated carbocycles. The zero-order chi connectivity index (χ0) is 21.3. The van der Waals surface area contributed by atoms with Gasteiger partial charge >= 0.3 is 0 Å². The summed E-state index contributed by atoms with van der Waals surface area (Å²) in [5.41, 5.74) is 2.89. The van der Waals surface area contributed by atoms with Crippen LogP contribution in [0.2, 0.25) is 0 Å². The Hall–Kier alpha value is -3.28. The van der Waals surface area contributed by atoms with Gasteiger partial charge in [0.2, 0.25) is 5.91 Å². The van der Waals surface area contributed by atoms with Gasteiger partial charge in [-0.1, -0.05) is 18.2 Å². The minimum Gasteiger partial charge on any atom is -0.339 e. The van der Waals surface area contributed by atoms with E-state index in [1.54, 1.807) is 17.9 Å². The summed E-state index contributed by atoms with van der Waals surface area (Å²) in [6.07, 6.45) is 3.31. The summed E-state index contributed by atoms with van der Waals surface area (Å²) in [6, 6.07) is 10.9. The zero-order valence-electron chi connectivity index (χ0n) is 16.7. The van der Waals surface area contributed by atoms with Gasteiger partial charge in [-0.05, 0) is 72.2 Å². The Labute approximate surface area is 172 Å². The van der Waals surface area contributed by atoms with Crippen LogP contribution in [-0.2, 0) is 11.2 Å². The van der Waals surface area contributed by atoms with Gasteiger partial charge in [-0.15, -0.1) is 0 Å². The molecule has 0 saturated heterocycles. The molecule has 1 aromatic heterocycles. The summed E-state index contributed by atoms with van der Waals surface area (Å²) >= 11 is 0. The molecule has 4 rings (SSSR count). The number of pyridine rings is 1. The third-order valence-electron chi connectivity index (χ3n) is 5.55. The first-order valence-corrected chi connectivity index (χ1v) is 9.95. The predicted octanol–water partition coefficient (Wildman–Crippen LogP) is 4.36. The highest BCUT2D eigenvalue weighted by Gasteiger charge is 2.18. The summed E-state index contributed by atoms with van der Waals surface area (Å²) in [4.78, 5) is 29.4. The smallest absolute Gasteiger partial charge is 0.256 e. The highest BCUT2D eigenvalue weighted by molar-refractivity contribution is 5.85. The topological polar surface area (TPSA) is 53.2 Å². The number of aromatic nitrogens is 1. The summed E-state index contributed by atoms with van der Waals surface area (Å²) < 4.78 is 27.0. The molecule has 154 valence electrons. The number of rotatable bonds is 4. The number of H-pyrrole nitrogens is 1.